The largest absolute Gasteiger partial charge is 0.497 e. The van der Waals surface area contributed by atoms with Crippen molar-refractivity contribution in [1.82, 2.24) is 14.3 Å². The molecule has 2 aromatic carbocycles. The Labute approximate surface area is 216 Å². The molecule has 0 aliphatic carbocycles. The van der Waals surface area contributed by atoms with Gasteiger partial charge in [-0.15, -0.1) is 0 Å². The van der Waals surface area contributed by atoms with Crippen molar-refractivity contribution in [2.75, 3.05) is 31.6 Å². The fourth-order valence-electron chi connectivity index (χ4n) is 4.52. The highest BCUT2D eigenvalue weighted by Gasteiger charge is 2.33. The van der Waals surface area contributed by atoms with Crippen LogP contribution < -0.4 is 14.4 Å². The van der Waals surface area contributed by atoms with E-state index in [4.69, 9.17) is 31.0 Å². The predicted molar refractivity (Wildman–Crippen MR) is 138 cm³/mol. The summed E-state index contributed by atoms with van der Waals surface area (Å²) in [6, 6.07) is 13.5. The van der Waals surface area contributed by atoms with Crippen molar-refractivity contribution in [3.05, 3.63) is 64.8 Å². The molecule has 8 nitrogen and oxygen atoms in total. The number of fused-ring (bicyclic) bond motifs is 1. The average Bonchev–Trinajstić information content (AvgIpc) is 2.89. The minimum atomic E-state index is -3.73. The number of sulfonamides is 1. The smallest absolute Gasteiger partial charge is 0.243 e. The number of nitrogens with zero attached hydrogens (tertiary/aromatic N) is 4. The normalized spacial score (nSPS) is 17.0. The van der Waals surface area contributed by atoms with E-state index in [0.29, 0.717) is 52.8 Å². The van der Waals surface area contributed by atoms with E-state index in [1.807, 2.05) is 18.2 Å². The van der Waals surface area contributed by atoms with Crippen LogP contribution >= 0.6 is 11.6 Å². The number of rotatable bonds is 6. The molecule has 36 heavy (non-hydrogen) atoms. The van der Waals surface area contributed by atoms with E-state index in [-0.39, 0.29) is 11.4 Å². The fourth-order valence-corrected chi connectivity index (χ4v) is 6.05. The van der Waals surface area contributed by atoms with Crippen molar-refractivity contribution in [2.45, 2.75) is 37.6 Å². The van der Waals surface area contributed by atoms with Gasteiger partial charge in [0.1, 0.15) is 11.5 Å². The lowest BCUT2D eigenvalue weighted by molar-refractivity contribution is 0.366. The Morgan fingerprint density at radius 3 is 2.44 bits per heavy atom. The van der Waals surface area contributed by atoms with Gasteiger partial charge in [-0.2, -0.15) is 9.29 Å². The number of anilines is 1. The van der Waals surface area contributed by atoms with Gasteiger partial charge in [0.2, 0.25) is 21.9 Å². The van der Waals surface area contributed by atoms with Gasteiger partial charge in [0.05, 0.1) is 23.3 Å². The first kappa shape index (κ1) is 24.8. The van der Waals surface area contributed by atoms with E-state index in [0.717, 1.165) is 31.6 Å². The zero-order valence-corrected chi connectivity index (χ0v) is 21.9. The molecule has 0 spiro atoms. The van der Waals surface area contributed by atoms with Gasteiger partial charge < -0.3 is 14.4 Å². The van der Waals surface area contributed by atoms with Crippen molar-refractivity contribution in [3.63, 3.8) is 0 Å². The summed E-state index contributed by atoms with van der Waals surface area (Å²) in [5.74, 6) is 2.90. The first-order chi connectivity index (χ1) is 17.3. The maximum atomic E-state index is 13.4. The second kappa shape index (κ2) is 10.2. The zero-order chi connectivity index (χ0) is 25.3. The van der Waals surface area contributed by atoms with Crippen LogP contribution in [0.4, 0.5) is 5.95 Å². The second-order valence-corrected chi connectivity index (χ2v) is 11.6. The summed E-state index contributed by atoms with van der Waals surface area (Å²) in [5, 5.41) is 0.486. The quantitative estimate of drug-likeness (QED) is 0.449. The standard InChI is InChI=1S/C26H29ClN4O4S/c1-18-10-13-30(14-11-18)26-28-24-12-15-31(36(32,33)22-8-6-19(27)7-9-22)17-23(24)25(29-26)35-21-5-3-4-20(16-21)34-2/h3-9,16,18H,10-15,17H2,1-2H3. The van der Waals surface area contributed by atoms with Gasteiger partial charge in [-0.05, 0) is 55.2 Å². The zero-order valence-electron chi connectivity index (χ0n) is 20.4. The van der Waals surface area contributed by atoms with Gasteiger partial charge in [0, 0.05) is 43.7 Å². The number of hydrogen-bond acceptors (Lipinski definition) is 7. The molecule has 2 aliphatic rings. The molecule has 1 saturated heterocycles. The number of halogens is 1. The van der Waals surface area contributed by atoms with E-state index in [2.05, 4.69) is 11.8 Å². The Morgan fingerprint density at radius 2 is 1.72 bits per heavy atom. The number of benzene rings is 2. The summed E-state index contributed by atoms with van der Waals surface area (Å²) >= 11 is 5.97. The topological polar surface area (TPSA) is 84.9 Å². The Balaban J connectivity index is 1.51. The molecule has 0 bridgehead atoms. The van der Waals surface area contributed by atoms with Gasteiger partial charge in [0.15, 0.2) is 0 Å². The number of methoxy groups -OCH3 is 1. The molecular weight excluding hydrogens is 500 g/mol. The molecule has 190 valence electrons. The molecular formula is C26H29ClN4O4S. The van der Waals surface area contributed by atoms with Crippen LogP contribution in [0.2, 0.25) is 5.02 Å². The van der Waals surface area contributed by atoms with E-state index in [9.17, 15) is 8.42 Å². The van der Waals surface area contributed by atoms with Crippen LogP contribution in [0.15, 0.2) is 53.4 Å². The van der Waals surface area contributed by atoms with Crippen molar-refractivity contribution < 1.29 is 17.9 Å². The van der Waals surface area contributed by atoms with Crippen LogP contribution in [0.5, 0.6) is 17.4 Å². The van der Waals surface area contributed by atoms with Crippen LogP contribution in [0, 0.1) is 5.92 Å². The van der Waals surface area contributed by atoms with Crippen LogP contribution in [0.1, 0.15) is 31.0 Å². The minimum Gasteiger partial charge on any atom is -0.497 e. The summed E-state index contributed by atoms with van der Waals surface area (Å²) in [6.45, 7) is 4.48. The Morgan fingerprint density at radius 1 is 1.00 bits per heavy atom. The lowest BCUT2D eigenvalue weighted by atomic mass is 9.99. The minimum absolute atomic E-state index is 0.122. The SMILES string of the molecule is COc1cccc(Oc2nc(N3CCC(C)CC3)nc3c2CN(S(=O)(=O)c2ccc(Cl)cc2)CC3)c1. The molecule has 5 rings (SSSR count). The predicted octanol–water partition coefficient (Wildman–Crippen LogP) is 4.91. The maximum absolute atomic E-state index is 13.4. The summed E-state index contributed by atoms with van der Waals surface area (Å²) < 4.78 is 39.8. The van der Waals surface area contributed by atoms with Crippen LogP contribution in [-0.2, 0) is 23.0 Å². The Kier molecular flexibility index (Phi) is 7.05. The lowest BCUT2D eigenvalue weighted by Crippen LogP contribution is -2.38. The number of aromatic nitrogens is 2. The monoisotopic (exact) mass is 528 g/mol. The van der Waals surface area contributed by atoms with Gasteiger partial charge in [0.25, 0.3) is 0 Å². The van der Waals surface area contributed by atoms with E-state index >= 15 is 0 Å². The third-order valence-electron chi connectivity index (χ3n) is 6.75. The molecule has 3 heterocycles. The van der Waals surface area contributed by atoms with Gasteiger partial charge in [-0.25, -0.2) is 13.4 Å². The summed E-state index contributed by atoms with van der Waals surface area (Å²) in [4.78, 5) is 12.1. The molecule has 2 aliphatic heterocycles. The highest BCUT2D eigenvalue weighted by Crippen LogP contribution is 2.35. The second-order valence-electron chi connectivity index (χ2n) is 9.25. The number of hydrogen-bond donors (Lipinski definition) is 0. The molecule has 0 saturated carbocycles. The summed E-state index contributed by atoms with van der Waals surface area (Å²) in [5.41, 5.74) is 1.50. The highest BCUT2D eigenvalue weighted by molar-refractivity contribution is 7.89. The molecule has 0 unspecified atom stereocenters. The third kappa shape index (κ3) is 5.14. The Bertz CT molecular complexity index is 1340. The molecule has 0 radical (unpaired) electrons. The first-order valence-corrected chi connectivity index (χ1v) is 13.9. The first-order valence-electron chi connectivity index (χ1n) is 12.1. The van der Waals surface area contributed by atoms with Gasteiger partial charge in [-0.3, -0.25) is 0 Å². The molecule has 10 heteroatoms. The van der Waals surface area contributed by atoms with Crippen LogP contribution in [0.3, 0.4) is 0 Å². The maximum Gasteiger partial charge on any atom is 0.243 e. The summed E-state index contributed by atoms with van der Waals surface area (Å²) in [6.07, 6.45) is 2.63. The van der Waals surface area contributed by atoms with Crippen LogP contribution in [-0.4, -0.2) is 49.4 Å². The molecule has 0 N–H and O–H groups in total. The third-order valence-corrected chi connectivity index (χ3v) is 8.86. The van der Waals surface area contributed by atoms with Gasteiger partial charge >= 0.3 is 0 Å². The average molecular weight is 529 g/mol. The number of ether oxygens (including phenoxy) is 2. The summed E-state index contributed by atoms with van der Waals surface area (Å²) in [7, 11) is -2.13. The molecule has 1 fully saturated rings. The number of piperidine rings is 1. The van der Waals surface area contributed by atoms with Gasteiger partial charge in [-0.1, -0.05) is 24.6 Å². The highest BCUT2D eigenvalue weighted by atomic mass is 35.5. The molecule has 3 aromatic rings. The molecule has 1 aromatic heterocycles. The van der Waals surface area contributed by atoms with E-state index in [1.165, 1.54) is 16.4 Å². The van der Waals surface area contributed by atoms with E-state index < -0.39 is 10.0 Å². The lowest BCUT2D eigenvalue weighted by Gasteiger charge is -2.33. The van der Waals surface area contributed by atoms with Crippen molar-refractivity contribution >= 4 is 27.6 Å². The van der Waals surface area contributed by atoms with Crippen molar-refractivity contribution in [2.24, 2.45) is 5.92 Å². The van der Waals surface area contributed by atoms with Crippen molar-refractivity contribution in [1.29, 1.82) is 0 Å². The molecule has 0 atom stereocenters. The van der Waals surface area contributed by atoms with Crippen molar-refractivity contribution in [3.8, 4) is 17.4 Å². The Hall–Kier alpha value is -2.88. The molecule has 0 amide bonds. The van der Waals surface area contributed by atoms with Crippen LogP contribution in [0.25, 0.3) is 0 Å². The van der Waals surface area contributed by atoms with E-state index in [1.54, 1.807) is 25.3 Å². The fraction of sp³-hybridized carbons (Fsp3) is 0.385.